The highest BCUT2D eigenvalue weighted by Gasteiger charge is 2.31. The van der Waals surface area contributed by atoms with E-state index < -0.39 is 26.5 Å². The highest BCUT2D eigenvalue weighted by molar-refractivity contribution is 7.99. The van der Waals surface area contributed by atoms with Crippen LogP contribution in [0.25, 0.3) is 11.1 Å². The summed E-state index contributed by atoms with van der Waals surface area (Å²) in [7, 11) is -4.61. The molecule has 292 valence electrons. The van der Waals surface area contributed by atoms with Crippen LogP contribution in [0.2, 0.25) is 0 Å². The number of nitrogens with one attached hydrogen (secondary N) is 2. The monoisotopic (exact) mass is 797 g/mol. The van der Waals surface area contributed by atoms with Crippen molar-refractivity contribution in [3.8, 4) is 22.6 Å². The number of rotatable bonds is 17. The number of benzene rings is 4. The summed E-state index contributed by atoms with van der Waals surface area (Å²) in [6, 6.07) is 29.2. The van der Waals surface area contributed by atoms with E-state index in [1.807, 2.05) is 90.2 Å². The van der Waals surface area contributed by atoms with Gasteiger partial charge in [-0.15, -0.1) is 16.9 Å². The first kappa shape index (κ1) is 40.0. The smallest absolute Gasteiger partial charge is 0.293 e. The van der Waals surface area contributed by atoms with Crippen LogP contribution in [0.5, 0.6) is 11.5 Å². The van der Waals surface area contributed by atoms with Gasteiger partial charge in [0.1, 0.15) is 22.1 Å². The lowest BCUT2D eigenvalue weighted by atomic mass is 10.0. The van der Waals surface area contributed by atoms with Gasteiger partial charge in [0.05, 0.1) is 23.8 Å². The molecule has 0 saturated carbocycles. The highest BCUT2D eigenvalue weighted by atomic mass is 32.2. The number of ether oxygens (including phenoxy) is 2. The highest BCUT2D eigenvalue weighted by Crippen LogP contribution is 2.37. The van der Waals surface area contributed by atoms with Crippen LogP contribution in [-0.2, 0) is 16.6 Å². The summed E-state index contributed by atoms with van der Waals surface area (Å²) in [6.07, 6.45) is 1.35. The Morgan fingerprint density at radius 1 is 0.875 bits per heavy atom. The first-order valence-corrected chi connectivity index (χ1v) is 20.7. The minimum absolute atomic E-state index is 0.175. The molecule has 2 N–H and O–H groups in total. The summed E-state index contributed by atoms with van der Waals surface area (Å²) in [4.78, 5) is 29.5. The van der Waals surface area contributed by atoms with Crippen molar-refractivity contribution in [2.24, 2.45) is 0 Å². The molecule has 4 aromatic carbocycles. The predicted octanol–water partition coefficient (Wildman–Crippen LogP) is 6.49. The molecule has 1 aliphatic heterocycles. The molecule has 56 heavy (non-hydrogen) atoms. The van der Waals surface area contributed by atoms with Gasteiger partial charge in [0.25, 0.3) is 21.6 Å². The van der Waals surface area contributed by atoms with Gasteiger partial charge in [-0.2, -0.15) is 5.10 Å². The van der Waals surface area contributed by atoms with Crippen LogP contribution < -0.4 is 24.4 Å². The number of sulfonamides is 1. The number of thioether (sulfide) groups is 1. The zero-order valence-electron chi connectivity index (χ0n) is 31.1. The van der Waals surface area contributed by atoms with Crippen molar-refractivity contribution in [2.75, 3.05) is 61.9 Å². The third kappa shape index (κ3) is 10.3. The van der Waals surface area contributed by atoms with Crippen LogP contribution in [0.3, 0.4) is 0 Å². The van der Waals surface area contributed by atoms with Crippen molar-refractivity contribution >= 4 is 44.8 Å². The van der Waals surface area contributed by atoms with E-state index in [2.05, 4.69) is 26.5 Å². The lowest BCUT2D eigenvalue weighted by molar-refractivity contribution is -0.384. The Morgan fingerprint density at radius 3 is 2.34 bits per heavy atom. The molecule has 1 fully saturated rings. The van der Waals surface area contributed by atoms with Crippen LogP contribution in [-0.4, -0.2) is 86.0 Å². The molecule has 5 aromatic rings. The lowest BCUT2D eigenvalue weighted by Crippen LogP contribution is -2.46. The normalized spacial score (nSPS) is 13.2. The van der Waals surface area contributed by atoms with E-state index in [0.29, 0.717) is 58.2 Å². The van der Waals surface area contributed by atoms with Gasteiger partial charge in [0.15, 0.2) is 5.69 Å². The fraction of sp³-hybridized carbons (Fsp3) is 0.275. The quantitative estimate of drug-likeness (QED) is 0.0454. The molecular weight excluding hydrogens is 755 g/mol. The average molecular weight is 798 g/mol. The van der Waals surface area contributed by atoms with E-state index in [9.17, 15) is 23.3 Å². The molecule has 0 atom stereocenters. The SMILES string of the molecule is CCOc1cccc(-c2cc(CN3CCN(c4cc(NCCSc5ccccc5)c([N+](=O)[O-])cc4S(=O)(=O)NC(=O)c4cccnn4)CC3)cc(OCC)c2)c1. The van der Waals surface area contributed by atoms with E-state index >= 15 is 0 Å². The van der Waals surface area contributed by atoms with Crippen molar-refractivity contribution in [3.63, 3.8) is 0 Å². The fourth-order valence-corrected chi connectivity index (χ4v) is 8.32. The average Bonchev–Trinajstić information content (AvgIpc) is 3.20. The maximum atomic E-state index is 13.9. The molecular formula is C40H43N7O7S2. The fourth-order valence-electron chi connectivity index (χ4n) is 6.34. The van der Waals surface area contributed by atoms with Crippen LogP contribution in [0, 0.1) is 10.1 Å². The molecule has 0 aliphatic carbocycles. The van der Waals surface area contributed by atoms with Crippen LogP contribution in [0.15, 0.2) is 113 Å². The van der Waals surface area contributed by atoms with E-state index in [0.717, 1.165) is 39.2 Å². The van der Waals surface area contributed by atoms with Crippen LogP contribution >= 0.6 is 11.8 Å². The van der Waals surface area contributed by atoms with Crippen LogP contribution in [0.4, 0.5) is 17.1 Å². The second kappa shape index (κ2) is 18.8. The first-order chi connectivity index (χ1) is 27.1. The summed E-state index contributed by atoms with van der Waals surface area (Å²) in [6.45, 7) is 7.91. The Balaban J connectivity index is 1.25. The molecule has 0 unspecified atom stereocenters. The van der Waals surface area contributed by atoms with Crippen molar-refractivity contribution in [1.82, 2.24) is 19.8 Å². The summed E-state index contributed by atoms with van der Waals surface area (Å²) < 4.78 is 41.5. The van der Waals surface area contributed by atoms with Gasteiger partial charge in [-0.25, -0.2) is 13.1 Å². The molecule has 1 aliphatic rings. The third-order valence-corrected chi connectivity index (χ3v) is 11.3. The third-order valence-electron chi connectivity index (χ3n) is 8.90. The topological polar surface area (TPSA) is 169 Å². The Morgan fingerprint density at radius 2 is 1.62 bits per heavy atom. The zero-order chi connectivity index (χ0) is 39.5. The molecule has 0 spiro atoms. The summed E-state index contributed by atoms with van der Waals surface area (Å²) in [5.41, 5.74) is 2.82. The number of hydrogen-bond acceptors (Lipinski definition) is 13. The molecule has 1 saturated heterocycles. The van der Waals surface area contributed by atoms with Gasteiger partial charge in [-0.1, -0.05) is 30.3 Å². The number of nitro groups is 1. The number of hydrogen-bond donors (Lipinski definition) is 2. The number of carbonyl (C=O) groups is 1. The molecule has 1 amide bonds. The molecule has 14 nitrogen and oxygen atoms in total. The summed E-state index contributed by atoms with van der Waals surface area (Å²) in [5.74, 6) is 1.14. The Labute approximate surface area is 330 Å². The molecule has 1 aromatic heterocycles. The largest absolute Gasteiger partial charge is 0.494 e. The Bertz CT molecular complexity index is 2240. The standard InChI is InChI=1S/C40H43N7O7S2/c1-3-53-32-11-8-10-30(24-32)31-22-29(23-33(25-31)54-4-2)28-45-17-19-46(20-18-45)38-26-36(41-16-21-55-34-12-6-5-7-13-34)37(47(49)50)27-39(38)56(51,52)44-40(48)35-14-9-15-42-43-35/h5-15,22-27,41H,3-4,16-21,28H2,1-2H3,(H,44,48). The number of nitrogens with zero attached hydrogens (tertiary/aromatic N) is 5. The number of piperazine rings is 1. The number of carbonyl (C=O) groups excluding carboxylic acids is 1. The molecule has 2 heterocycles. The number of aromatic nitrogens is 2. The summed E-state index contributed by atoms with van der Waals surface area (Å²) >= 11 is 1.59. The molecule has 6 rings (SSSR count). The minimum atomic E-state index is -4.61. The van der Waals surface area contributed by atoms with Crippen molar-refractivity contribution in [3.05, 3.63) is 125 Å². The second-order valence-corrected chi connectivity index (χ2v) is 15.6. The van der Waals surface area contributed by atoms with E-state index in [1.165, 1.54) is 24.4 Å². The van der Waals surface area contributed by atoms with Crippen molar-refractivity contribution in [1.29, 1.82) is 0 Å². The van der Waals surface area contributed by atoms with Gasteiger partial charge in [-0.3, -0.25) is 19.8 Å². The summed E-state index contributed by atoms with van der Waals surface area (Å²) in [5, 5.41) is 22.9. The van der Waals surface area contributed by atoms with Gasteiger partial charge in [0, 0.05) is 62.2 Å². The van der Waals surface area contributed by atoms with Gasteiger partial charge in [-0.05, 0) is 91.2 Å². The number of amides is 1. The van der Waals surface area contributed by atoms with Crippen LogP contribution in [0.1, 0.15) is 29.9 Å². The number of anilines is 2. The van der Waals surface area contributed by atoms with Gasteiger partial charge in [0.2, 0.25) is 0 Å². The number of nitro benzene ring substituents is 1. The maximum absolute atomic E-state index is 13.9. The molecule has 16 heteroatoms. The lowest BCUT2D eigenvalue weighted by Gasteiger charge is -2.37. The van der Waals surface area contributed by atoms with Crippen molar-refractivity contribution in [2.45, 2.75) is 30.2 Å². The first-order valence-electron chi connectivity index (χ1n) is 18.2. The second-order valence-electron chi connectivity index (χ2n) is 12.7. The Hall–Kier alpha value is -5.71. The maximum Gasteiger partial charge on any atom is 0.293 e. The van der Waals surface area contributed by atoms with Gasteiger partial charge < -0.3 is 19.7 Å². The zero-order valence-corrected chi connectivity index (χ0v) is 32.7. The predicted molar refractivity (Wildman–Crippen MR) is 217 cm³/mol. The van der Waals surface area contributed by atoms with Crippen molar-refractivity contribution < 1.29 is 27.6 Å². The minimum Gasteiger partial charge on any atom is -0.494 e. The van der Waals surface area contributed by atoms with E-state index in [-0.39, 0.29) is 22.0 Å². The van der Waals surface area contributed by atoms with E-state index in [4.69, 9.17) is 9.47 Å². The van der Waals surface area contributed by atoms with E-state index in [1.54, 1.807) is 11.8 Å². The molecule has 0 radical (unpaired) electrons. The molecule has 0 bridgehead atoms. The Kier molecular flexibility index (Phi) is 13.4. The van der Waals surface area contributed by atoms with Gasteiger partial charge >= 0.3 is 0 Å².